The first-order valence-electron chi connectivity index (χ1n) is 13.7. The van der Waals surface area contributed by atoms with Crippen LogP contribution in [0.25, 0.3) is 0 Å². The van der Waals surface area contributed by atoms with Gasteiger partial charge in [-0.15, -0.1) is 0 Å². The number of anilines is 1. The van der Waals surface area contributed by atoms with Crippen LogP contribution >= 0.6 is 0 Å². The Labute approximate surface area is 239 Å². The van der Waals surface area contributed by atoms with Crippen LogP contribution in [0.4, 0.5) is 19.0 Å². The fraction of sp³-hybridized carbons (Fsp3) is 0.355. The molecule has 0 bridgehead atoms. The SMILES string of the molecule is CCN1C(=O)[C@@H](CC(=O)c2cnc3c(c2)C[C@@]2(C3)C(=O)Nc3ncc(C#N)cc32)C[C@@H](c2c(F)ccc(F)c2F)[C@H]1C. The number of rotatable bonds is 5. The summed E-state index contributed by atoms with van der Waals surface area (Å²) in [4.78, 5) is 50.1. The number of nitriles is 1. The van der Waals surface area contributed by atoms with Crippen LogP contribution in [-0.2, 0) is 27.8 Å². The Bertz CT molecular complexity index is 1720. The third kappa shape index (κ3) is 4.16. The minimum Gasteiger partial charge on any atom is -0.339 e. The topological polar surface area (TPSA) is 116 Å². The number of hydrogen-bond donors (Lipinski definition) is 1. The molecule has 2 aliphatic heterocycles. The molecular formula is C31H26F3N5O3. The van der Waals surface area contributed by atoms with Gasteiger partial charge in [-0.2, -0.15) is 5.26 Å². The van der Waals surface area contributed by atoms with Crippen LogP contribution in [0, 0.1) is 34.7 Å². The molecule has 1 spiro atoms. The van der Waals surface area contributed by atoms with Crippen LogP contribution in [0.2, 0.25) is 0 Å². The van der Waals surface area contributed by atoms with Crippen LogP contribution in [0.3, 0.4) is 0 Å². The van der Waals surface area contributed by atoms with E-state index < -0.39 is 46.3 Å². The fourth-order valence-electron chi connectivity index (χ4n) is 6.82. The van der Waals surface area contributed by atoms with Gasteiger partial charge in [0.2, 0.25) is 11.8 Å². The summed E-state index contributed by atoms with van der Waals surface area (Å²) in [5.74, 6) is -5.61. The van der Waals surface area contributed by atoms with Crippen LogP contribution in [0.1, 0.15) is 70.9 Å². The zero-order chi connectivity index (χ0) is 29.9. The van der Waals surface area contributed by atoms with E-state index in [-0.39, 0.29) is 55.4 Å². The van der Waals surface area contributed by atoms with Gasteiger partial charge in [-0.1, -0.05) is 0 Å². The van der Waals surface area contributed by atoms with Crippen molar-refractivity contribution in [2.24, 2.45) is 5.92 Å². The van der Waals surface area contributed by atoms with Gasteiger partial charge >= 0.3 is 0 Å². The number of nitrogens with zero attached hydrogens (tertiary/aromatic N) is 4. The number of halogens is 3. The van der Waals surface area contributed by atoms with Crippen molar-refractivity contribution in [2.75, 3.05) is 11.9 Å². The van der Waals surface area contributed by atoms with Gasteiger partial charge in [-0.25, -0.2) is 18.2 Å². The van der Waals surface area contributed by atoms with Gasteiger partial charge in [0.15, 0.2) is 17.4 Å². The highest BCUT2D eigenvalue weighted by atomic mass is 19.2. The molecule has 3 aromatic rings. The maximum absolute atomic E-state index is 14.8. The minimum atomic E-state index is -1.28. The second-order valence-electron chi connectivity index (χ2n) is 11.2. The van der Waals surface area contributed by atoms with E-state index in [1.807, 2.05) is 6.07 Å². The highest BCUT2D eigenvalue weighted by molar-refractivity contribution is 6.06. The molecule has 0 radical (unpaired) electrons. The highest BCUT2D eigenvalue weighted by Crippen LogP contribution is 2.47. The number of fused-ring (bicyclic) bond motifs is 3. The number of ketones is 1. The van der Waals surface area contributed by atoms with Crippen molar-refractivity contribution in [3.8, 4) is 6.07 Å². The molecule has 6 rings (SSSR count). The second-order valence-corrected chi connectivity index (χ2v) is 11.2. The number of carbonyl (C=O) groups excluding carboxylic acids is 3. The number of aromatic nitrogens is 2. The summed E-state index contributed by atoms with van der Waals surface area (Å²) in [6.45, 7) is 3.66. The monoisotopic (exact) mass is 573 g/mol. The lowest BCUT2D eigenvalue weighted by Gasteiger charge is -2.42. The summed E-state index contributed by atoms with van der Waals surface area (Å²) in [7, 11) is 0. The fourth-order valence-corrected chi connectivity index (χ4v) is 6.82. The Kier molecular flexibility index (Phi) is 6.60. The second kappa shape index (κ2) is 10.0. The first-order valence-corrected chi connectivity index (χ1v) is 13.7. The number of pyridine rings is 2. The third-order valence-corrected chi connectivity index (χ3v) is 9.01. The van der Waals surface area contributed by atoms with Gasteiger partial charge in [0.1, 0.15) is 17.7 Å². The van der Waals surface area contributed by atoms with Crippen molar-refractivity contribution in [1.29, 1.82) is 5.26 Å². The lowest BCUT2D eigenvalue weighted by atomic mass is 9.76. The Balaban J connectivity index is 1.26. The van der Waals surface area contributed by atoms with Crippen molar-refractivity contribution in [2.45, 2.75) is 56.9 Å². The number of likely N-dealkylation sites (N-methyl/N-ethyl adjacent to an activating group) is 1. The molecule has 1 fully saturated rings. The number of piperidine rings is 1. The summed E-state index contributed by atoms with van der Waals surface area (Å²) in [5, 5.41) is 12.1. The summed E-state index contributed by atoms with van der Waals surface area (Å²) < 4.78 is 43.6. The third-order valence-electron chi connectivity index (χ3n) is 9.01. The molecule has 2 aromatic heterocycles. The number of carbonyl (C=O) groups is 3. The first-order chi connectivity index (χ1) is 20.1. The summed E-state index contributed by atoms with van der Waals surface area (Å²) in [6.07, 6.45) is 3.10. The van der Waals surface area contributed by atoms with Gasteiger partial charge in [-0.3, -0.25) is 19.4 Å². The molecule has 0 unspecified atom stereocenters. The normalized spacial score (nSPS) is 24.4. The van der Waals surface area contributed by atoms with E-state index in [2.05, 4.69) is 15.3 Å². The Morgan fingerprint density at radius 3 is 2.64 bits per heavy atom. The zero-order valence-electron chi connectivity index (χ0n) is 22.9. The standard InChI is InChI=1S/C31H26F3N5O3/c1-3-39-15(2)20(26-22(32)4-5-23(33)27(26)34)8-17(29(39)41)9-25(40)19-7-18-10-31(11-24(18)36-14-19)21-6-16(12-35)13-37-28(21)38-30(31)42/h4-7,13-15,17,20H,3,8-11H2,1-2H3,(H,37,38,42)/t15-,17-,20-,31+/m1/s1. The van der Waals surface area contributed by atoms with E-state index in [0.717, 1.165) is 12.1 Å². The number of likely N-dealkylation sites (tertiary alicyclic amines) is 1. The van der Waals surface area contributed by atoms with Crippen molar-refractivity contribution in [1.82, 2.24) is 14.9 Å². The molecule has 4 atom stereocenters. The summed E-state index contributed by atoms with van der Waals surface area (Å²) in [6, 6.07) is 6.36. The van der Waals surface area contributed by atoms with Gasteiger partial charge in [0, 0.05) is 72.0 Å². The molecule has 11 heteroatoms. The maximum Gasteiger partial charge on any atom is 0.237 e. The molecule has 2 amide bonds. The molecule has 8 nitrogen and oxygen atoms in total. The van der Waals surface area contributed by atoms with Crippen molar-refractivity contribution < 1.29 is 27.6 Å². The van der Waals surface area contributed by atoms with E-state index in [1.54, 1.807) is 26.0 Å². The minimum absolute atomic E-state index is 0.0216. The molecule has 0 saturated carbocycles. The molecule has 1 saturated heterocycles. The van der Waals surface area contributed by atoms with E-state index in [0.29, 0.717) is 28.2 Å². The Morgan fingerprint density at radius 2 is 1.90 bits per heavy atom. The number of benzene rings is 1. The van der Waals surface area contributed by atoms with Gasteiger partial charge < -0.3 is 10.2 Å². The predicted molar refractivity (Wildman–Crippen MR) is 144 cm³/mol. The van der Waals surface area contributed by atoms with Gasteiger partial charge in [0.05, 0.1) is 11.0 Å². The van der Waals surface area contributed by atoms with Crippen LogP contribution in [-0.4, -0.2) is 45.1 Å². The molecule has 4 heterocycles. The number of hydrogen-bond acceptors (Lipinski definition) is 6. The largest absolute Gasteiger partial charge is 0.339 e. The maximum atomic E-state index is 14.8. The smallest absolute Gasteiger partial charge is 0.237 e. The van der Waals surface area contributed by atoms with Crippen LogP contribution in [0.15, 0.2) is 36.7 Å². The average molecular weight is 574 g/mol. The summed E-state index contributed by atoms with van der Waals surface area (Å²) in [5.41, 5.74) is 1.13. The molecule has 1 aromatic carbocycles. The molecule has 214 valence electrons. The number of amides is 2. The lowest BCUT2D eigenvalue weighted by molar-refractivity contribution is -0.142. The van der Waals surface area contributed by atoms with Crippen molar-refractivity contribution >= 4 is 23.4 Å². The molecule has 42 heavy (non-hydrogen) atoms. The van der Waals surface area contributed by atoms with Crippen LogP contribution in [0.5, 0.6) is 0 Å². The molecule has 3 aliphatic rings. The first kappa shape index (κ1) is 27.6. The van der Waals surface area contributed by atoms with E-state index in [1.165, 1.54) is 17.3 Å². The van der Waals surface area contributed by atoms with E-state index >= 15 is 0 Å². The summed E-state index contributed by atoms with van der Waals surface area (Å²) >= 11 is 0. The zero-order valence-corrected chi connectivity index (χ0v) is 22.9. The van der Waals surface area contributed by atoms with E-state index in [9.17, 15) is 32.8 Å². The quantitative estimate of drug-likeness (QED) is 0.358. The lowest BCUT2D eigenvalue weighted by Crippen LogP contribution is -2.50. The average Bonchev–Trinajstić information content (AvgIpc) is 3.49. The molecule has 1 aliphatic carbocycles. The molecular weight excluding hydrogens is 547 g/mol. The number of nitrogens with one attached hydrogen (secondary N) is 1. The highest BCUT2D eigenvalue weighted by Gasteiger charge is 2.52. The Hall–Kier alpha value is -4.59. The molecule has 1 N–H and O–H groups in total. The number of Topliss-reactive ketones (excluding diaryl/α,β-unsaturated/α-hetero) is 1. The van der Waals surface area contributed by atoms with Crippen molar-refractivity contribution in [3.05, 3.63) is 87.6 Å². The van der Waals surface area contributed by atoms with Gasteiger partial charge in [0.25, 0.3) is 0 Å². The van der Waals surface area contributed by atoms with E-state index in [4.69, 9.17) is 0 Å². The van der Waals surface area contributed by atoms with Gasteiger partial charge in [-0.05, 0) is 56.5 Å². The Morgan fingerprint density at radius 1 is 1.14 bits per heavy atom. The van der Waals surface area contributed by atoms with Crippen LogP contribution < -0.4 is 5.32 Å². The van der Waals surface area contributed by atoms with Crippen molar-refractivity contribution in [3.63, 3.8) is 0 Å². The predicted octanol–water partition coefficient (Wildman–Crippen LogP) is 4.37.